The van der Waals surface area contributed by atoms with Gasteiger partial charge < -0.3 is 14.2 Å². The minimum absolute atomic E-state index is 0. The summed E-state index contributed by atoms with van der Waals surface area (Å²) in [5, 5.41) is 8.51. The summed E-state index contributed by atoms with van der Waals surface area (Å²) in [7, 11) is 2.00. The molecule has 0 aliphatic carbocycles. The first-order valence-electron chi connectivity index (χ1n) is 17.1. The third kappa shape index (κ3) is 6.06. The first-order valence-corrected chi connectivity index (χ1v) is 17.1. The molecule has 1 aliphatic heterocycles. The summed E-state index contributed by atoms with van der Waals surface area (Å²) < 4.78 is 2.29. The van der Waals surface area contributed by atoms with Crippen molar-refractivity contribution in [2.75, 3.05) is 11.9 Å². The van der Waals surface area contributed by atoms with Gasteiger partial charge >= 0.3 is 20.1 Å². The number of hydrogen-bond acceptors (Lipinski definition) is 3. The van der Waals surface area contributed by atoms with Gasteiger partial charge in [-0.05, 0) is 87.5 Å². The maximum absolute atomic E-state index is 5.31. The average Bonchev–Trinajstić information content (AvgIpc) is 3.77. The molecule has 2 aromatic heterocycles. The Hall–Kier alpha value is -4.96. The van der Waals surface area contributed by atoms with Crippen LogP contribution in [0.4, 0.5) is 5.69 Å². The van der Waals surface area contributed by atoms with Crippen molar-refractivity contribution >= 4 is 54.6 Å². The van der Waals surface area contributed by atoms with Crippen LogP contribution in [0.15, 0.2) is 128 Å². The van der Waals surface area contributed by atoms with Crippen molar-refractivity contribution in [3.8, 4) is 11.3 Å². The van der Waals surface area contributed by atoms with E-state index in [1.165, 1.54) is 54.5 Å². The van der Waals surface area contributed by atoms with Crippen LogP contribution in [0.2, 0.25) is 0 Å². The molecule has 0 unspecified atom stereocenters. The van der Waals surface area contributed by atoms with Crippen LogP contribution < -0.4 is 4.90 Å². The molecule has 1 aliphatic rings. The molecule has 9 rings (SSSR count). The van der Waals surface area contributed by atoms with Gasteiger partial charge in [-0.25, -0.2) is 0 Å². The Balaban J connectivity index is 0.000000255. The van der Waals surface area contributed by atoms with Crippen LogP contribution in [-0.2, 0) is 20.1 Å². The molecule has 248 valence electrons. The molecule has 0 saturated carbocycles. The molecule has 0 spiro atoms. The standard InChI is InChI=1S/C35H29N2.C10H10N2.Ir/c1-21(2)27-14-9-15-28(22(3)4)34(27)32-20-37-33-19-26-17-24-11-6-5-10-23(24)16-25(26)18-31(33)29-12-7-8-13-30(29)35(37)36-32;1-11-7-8-12(9-11)10-5-3-2-4-6-10;/h5-12,14-22H,1-4H3;2-5,7-9H,1H3;/q-1;-2;+3. The van der Waals surface area contributed by atoms with Gasteiger partial charge in [-0.1, -0.05) is 81.6 Å². The zero-order valence-electron chi connectivity index (χ0n) is 29.0. The van der Waals surface area contributed by atoms with E-state index in [-0.39, 0.29) is 20.1 Å². The van der Waals surface area contributed by atoms with Crippen molar-refractivity contribution in [1.29, 1.82) is 0 Å². The van der Waals surface area contributed by atoms with E-state index in [1.54, 1.807) is 0 Å². The maximum atomic E-state index is 5.31. The SMILES string of the molecule is CC(C)c1cccc(C(C)C)c1-c1cn2c3cc4cc5ccccc5cc4cc3c3ccc[c-]c3c2n1.CN1C=CN(c2[c-]cccc2)[CH-]1.[Ir+3]. The second-order valence-electron chi connectivity index (χ2n) is 13.5. The Labute approximate surface area is 308 Å². The molecule has 8 aromatic rings. The Kier molecular flexibility index (Phi) is 9.22. The third-order valence-corrected chi connectivity index (χ3v) is 9.52. The summed E-state index contributed by atoms with van der Waals surface area (Å²) in [5.41, 5.74) is 8.23. The van der Waals surface area contributed by atoms with Gasteiger partial charge in [0.15, 0.2) is 0 Å². The summed E-state index contributed by atoms with van der Waals surface area (Å²) >= 11 is 0. The van der Waals surface area contributed by atoms with Crippen molar-refractivity contribution in [1.82, 2.24) is 14.3 Å². The van der Waals surface area contributed by atoms with Gasteiger partial charge in [-0.15, -0.1) is 35.3 Å². The molecule has 0 atom stereocenters. The number of benzene rings is 6. The topological polar surface area (TPSA) is 23.8 Å². The molecule has 0 bridgehead atoms. The smallest absolute Gasteiger partial charge is 0.510 e. The molecule has 5 heteroatoms. The summed E-state index contributed by atoms with van der Waals surface area (Å²) in [6.07, 6.45) is 6.25. The number of fused-ring (bicyclic) bond motifs is 8. The van der Waals surface area contributed by atoms with Crippen LogP contribution in [0.5, 0.6) is 0 Å². The van der Waals surface area contributed by atoms with Crippen LogP contribution in [0.25, 0.3) is 60.1 Å². The Bertz CT molecular complexity index is 2490. The van der Waals surface area contributed by atoms with Crippen molar-refractivity contribution in [2.24, 2.45) is 0 Å². The first kappa shape index (κ1) is 33.5. The zero-order valence-corrected chi connectivity index (χ0v) is 31.4. The minimum Gasteiger partial charge on any atom is -0.510 e. The molecular weight excluding hydrogens is 789 g/mol. The monoisotopic (exact) mass is 828 g/mol. The van der Waals surface area contributed by atoms with Crippen molar-refractivity contribution < 1.29 is 20.1 Å². The van der Waals surface area contributed by atoms with Crippen LogP contribution in [0.3, 0.4) is 0 Å². The Morgan fingerprint density at radius 3 is 1.98 bits per heavy atom. The van der Waals surface area contributed by atoms with E-state index in [0.29, 0.717) is 11.8 Å². The largest absolute Gasteiger partial charge is 3.00 e. The number of rotatable bonds is 4. The van der Waals surface area contributed by atoms with E-state index in [9.17, 15) is 0 Å². The average molecular weight is 828 g/mol. The second kappa shape index (κ2) is 13.7. The Morgan fingerprint density at radius 1 is 0.660 bits per heavy atom. The van der Waals surface area contributed by atoms with Gasteiger partial charge in [0.25, 0.3) is 0 Å². The van der Waals surface area contributed by atoms with Crippen molar-refractivity contribution in [3.63, 3.8) is 0 Å². The molecule has 4 nitrogen and oxygen atoms in total. The number of imidazole rings is 1. The summed E-state index contributed by atoms with van der Waals surface area (Å²) in [6.45, 7) is 11.1. The van der Waals surface area contributed by atoms with Crippen LogP contribution >= 0.6 is 0 Å². The van der Waals surface area contributed by atoms with Gasteiger partial charge in [0.05, 0.1) is 11.3 Å². The van der Waals surface area contributed by atoms with Crippen LogP contribution in [0.1, 0.15) is 50.7 Å². The molecule has 0 saturated heterocycles. The maximum Gasteiger partial charge on any atom is 3.00 e. The van der Waals surface area contributed by atoms with E-state index in [1.807, 2.05) is 66.2 Å². The van der Waals surface area contributed by atoms with Crippen LogP contribution in [-0.4, -0.2) is 21.3 Å². The van der Waals surface area contributed by atoms with Crippen molar-refractivity contribution in [3.05, 3.63) is 158 Å². The minimum atomic E-state index is 0. The summed E-state index contributed by atoms with van der Waals surface area (Å²) in [4.78, 5) is 9.34. The van der Waals surface area contributed by atoms with Gasteiger partial charge in [-0.3, -0.25) is 4.98 Å². The molecule has 0 amide bonds. The molecular formula is C45H39IrN4. The molecule has 0 fully saturated rings. The molecule has 6 aromatic carbocycles. The number of nitrogens with zero attached hydrogens (tertiary/aromatic N) is 4. The number of hydrogen-bond donors (Lipinski definition) is 0. The fourth-order valence-corrected chi connectivity index (χ4v) is 7.09. The quantitative estimate of drug-likeness (QED) is 0.100. The van der Waals surface area contributed by atoms with E-state index in [4.69, 9.17) is 4.98 Å². The number of aromatic nitrogens is 2. The van der Waals surface area contributed by atoms with Crippen LogP contribution in [0, 0.1) is 18.8 Å². The predicted molar refractivity (Wildman–Crippen MR) is 207 cm³/mol. The first-order chi connectivity index (χ1) is 23.9. The van der Waals surface area contributed by atoms with Gasteiger partial charge in [-0.2, -0.15) is 37.0 Å². The molecule has 0 N–H and O–H groups in total. The van der Waals surface area contributed by atoms with Gasteiger partial charge in [0.1, 0.15) is 0 Å². The zero-order chi connectivity index (χ0) is 33.6. The van der Waals surface area contributed by atoms with E-state index < -0.39 is 0 Å². The normalized spacial score (nSPS) is 12.9. The Morgan fingerprint density at radius 2 is 1.34 bits per heavy atom. The van der Waals surface area contributed by atoms with Gasteiger partial charge in [0.2, 0.25) is 0 Å². The predicted octanol–water partition coefficient (Wildman–Crippen LogP) is 11.5. The van der Waals surface area contributed by atoms with Crippen molar-refractivity contribution in [2.45, 2.75) is 39.5 Å². The second-order valence-corrected chi connectivity index (χ2v) is 13.5. The number of anilines is 1. The fourth-order valence-electron chi connectivity index (χ4n) is 7.09. The molecule has 3 heterocycles. The molecule has 50 heavy (non-hydrogen) atoms. The number of pyridine rings is 1. The molecule has 0 radical (unpaired) electrons. The van der Waals surface area contributed by atoms with E-state index >= 15 is 0 Å². The third-order valence-electron chi connectivity index (χ3n) is 9.52. The van der Waals surface area contributed by atoms with E-state index in [2.05, 4.69) is 129 Å². The van der Waals surface area contributed by atoms with E-state index in [0.717, 1.165) is 22.4 Å². The summed E-state index contributed by atoms with van der Waals surface area (Å²) in [5.74, 6) is 0.826. The fraction of sp³-hybridized carbons (Fsp3) is 0.156. The van der Waals surface area contributed by atoms with Gasteiger partial charge in [0, 0.05) is 17.3 Å². The summed E-state index contributed by atoms with van der Waals surface area (Å²) in [6, 6.07) is 45.5. The number of para-hydroxylation sites is 1.